The molecule has 0 bridgehead atoms. The van der Waals surface area contributed by atoms with Crippen LogP contribution in [0, 0.1) is 6.92 Å². The van der Waals surface area contributed by atoms with Crippen molar-refractivity contribution in [3.05, 3.63) is 40.8 Å². The maximum atomic E-state index is 11.9. The van der Waals surface area contributed by atoms with Crippen LogP contribution in [0.3, 0.4) is 0 Å². The van der Waals surface area contributed by atoms with E-state index in [1.165, 1.54) is 11.1 Å². The van der Waals surface area contributed by atoms with Crippen molar-refractivity contribution in [1.82, 2.24) is 25.4 Å². The molecule has 3 heterocycles. The number of fused-ring (bicyclic) bond motifs is 5. The van der Waals surface area contributed by atoms with Gasteiger partial charge in [0.2, 0.25) is 0 Å². The maximum Gasteiger partial charge on any atom is 0.269 e. The molecule has 0 saturated carbocycles. The van der Waals surface area contributed by atoms with Gasteiger partial charge in [-0.25, -0.2) is 4.98 Å². The molecule has 0 saturated heterocycles. The molecule has 0 unspecified atom stereocenters. The number of rotatable bonds is 2. The summed E-state index contributed by atoms with van der Waals surface area (Å²) in [5.74, 6) is -0.525. The van der Waals surface area contributed by atoms with E-state index in [1.54, 1.807) is 0 Å². The number of H-pyrrole nitrogens is 2. The number of carbonyl (C=O) groups is 1. The predicted molar refractivity (Wildman–Crippen MR) is 98.9 cm³/mol. The fourth-order valence-corrected chi connectivity index (χ4v) is 4.12. The zero-order chi connectivity index (χ0) is 17.8. The van der Waals surface area contributed by atoms with Gasteiger partial charge in [-0.3, -0.25) is 15.0 Å². The zero-order valence-electron chi connectivity index (χ0n) is 14.4. The molecule has 0 radical (unpaired) electrons. The summed E-state index contributed by atoms with van der Waals surface area (Å²) in [4.78, 5) is 16.9. The van der Waals surface area contributed by atoms with Gasteiger partial charge in [-0.2, -0.15) is 10.2 Å². The van der Waals surface area contributed by atoms with E-state index in [2.05, 4.69) is 20.4 Å². The predicted octanol–water partition coefficient (Wildman–Crippen LogP) is 2.79. The van der Waals surface area contributed by atoms with E-state index in [1.807, 2.05) is 25.3 Å². The first-order chi connectivity index (χ1) is 12.6. The van der Waals surface area contributed by atoms with Crippen molar-refractivity contribution in [3.63, 3.8) is 0 Å². The Labute approximate surface area is 149 Å². The number of nitrogens with zero attached hydrogens (tertiary/aromatic N) is 3. The van der Waals surface area contributed by atoms with E-state index in [9.17, 15) is 4.79 Å². The molecule has 7 heteroatoms. The molecule has 0 aliphatic heterocycles. The smallest absolute Gasteiger partial charge is 0.269 e. The Balaban J connectivity index is 1.95. The van der Waals surface area contributed by atoms with Gasteiger partial charge in [-0.1, -0.05) is 0 Å². The topological polar surface area (TPSA) is 113 Å². The molecule has 1 aromatic carbocycles. The first-order valence-corrected chi connectivity index (χ1v) is 8.78. The summed E-state index contributed by atoms with van der Waals surface area (Å²) in [6.07, 6.45) is 6.02. The average Bonchev–Trinajstić information content (AvgIpc) is 3.26. The van der Waals surface area contributed by atoms with Crippen molar-refractivity contribution in [1.29, 1.82) is 0 Å². The van der Waals surface area contributed by atoms with Crippen LogP contribution < -0.4 is 5.73 Å². The Kier molecular flexibility index (Phi) is 3.12. The molecule has 0 spiro atoms. The van der Waals surface area contributed by atoms with E-state index in [-0.39, 0.29) is 5.69 Å². The summed E-state index contributed by atoms with van der Waals surface area (Å²) in [7, 11) is 0. The number of hydrogen-bond acceptors (Lipinski definition) is 4. The van der Waals surface area contributed by atoms with Crippen LogP contribution in [0.5, 0.6) is 0 Å². The second kappa shape index (κ2) is 5.39. The Morgan fingerprint density at radius 2 is 1.92 bits per heavy atom. The summed E-state index contributed by atoms with van der Waals surface area (Å²) < 4.78 is 0. The minimum Gasteiger partial charge on any atom is -0.364 e. The number of hydrogen-bond donors (Lipinski definition) is 3. The van der Waals surface area contributed by atoms with Gasteiger partial charge in [0.05, 0.1) is 22.9 Å². The molecular formula is C19H18N6O. The Morgan fingerprint density at radius 1 is 1.12 bits per heavy atom. The van der Waals surface area contributed by atoms with Gasteiger partial charge in [0, 0.05) is 22.0 Å². The van der Waals surface area contributed by atoms with E-state index >= 15 is 0 Å². The van der Waals surface area contributed by atoms with Gasteiger partial charge in [0.25, 0.3) is 5.91 Å². The third kappa shape index (κ3) is 2.00. The number of pyridine rings is 1. The second-order valence-electron chi connectivity index (χ2n) is 6.85. The molecule has 0 fully saturated rings. The molecule has 1 amide bonds. The number of amides is 1. The average molecular weight is 346 g/mol. The van der Waals surface area contributed by atoms with E-state index in [0.717, 1.165) is 64.4 Å². The number of nitrogens with two attached hydrogens (primary N) is 1. The van der Waals surface area contributed by atoms with Crippen molar-refractivity contribution < 1.29 is 4.79 Å². The van der Waals surface area contributed by atoms with E-state index in [0.29, 0.717) is 0 Å². The number of aromatic amines is 2. The first-order valence-electron chi connectivity index (χ1n) is 8.78. The van der Waals surface area contributed by atoms with Crippen LogP contribution in [-0.4, -0.2) is 31.3 Å². The summed E-state index contributed by atoms with van der Waals surface area (Å²) in [6.45, 7) is 2.01. The van der Waals surface area contributed by atoms with Crippen molar-refractivity contribution >= 4 is 27.7 Å². The van der Waals surface area contributed by atoms with Crippen LogP contribution in [0.2, 0.25) is 0 Å². The van der Waals surface area contributed by atoms with Crippen LogP contribution in [0.1, 0.15) is 40.2 Å². The normalized spacial score (nSPS) is 14.0. The van der Waals surface area contributed by atoms with Gasteiger partial charge in [0.15, 0.2) is 5.69 Å². The molecule has 4 N–H and O–H groups in total. The summed E-state index contributed by atoms with van der Waals surface area (Å²) >= 11 is 0. The Bertz CT molecular complexity index is 1190. The highest BCUT2D eigenvalue weighted by atomic mass is 16.1. The monoisotopic (exact) mass is 346 g/mol. The second-order valence-corrected chi connectivity index (χ2v) is 6.85. The number of aromatic nitrogens is 5. The minimum atomic E-state index is -0.525. The highest BCUT2D eigenvalue weighted by Crippen LogP contribution is 2.39. The fourth-order valence-electron chi connectivity index (χ4n) is 4.12. The standard InChI is InChI=1S/C19H18N6O/c1-9-12(8-21-23-9)17-11-5-3-2-4-10(11)15-13(22-17)6-7-14-16(15)18(19(20)26)25-24-14/h6-8H,2-5H2,1H3,(H2,20,26)(H,21,23)(H,24,25). The van der Waals surface area contributed by atoms with Gasteiger partial charge in [-0.05, 0) is 55.9 Å². The maximum absolute atomic E-state index is 11.9. The molecule has 1 aliphatic carbocycles. The number of nitrogens with one attached hydrogen (secondary N) is 2. The molecule has 1 aliphatic rings. The van der Waals surface area contributed by atoms with Gasteiger partial charge >= 0.3 is 0 Å². The molecule has 26 heavy (non-hydrogen) atoms. The molecule has 0 atom stereocenters. The highest BCUT2D eigenvalue weighted by molar-refractivity contribution is 6.16. The summed E-state index contributed by atoms with van der Waals surface area (Å²) in [6, 6.07) is 3.89. The number of aryl methyl sites for hydroxylation is 2. The molecule has 7 nitrogen and oxygen atoms in total. The third-order valence-electron chi connectivity index (χ3n) is 5.31. The lowest BCUT2D eigenvalue weighted by Crippen LogP contribution is -2.13. The van der Waals surface area contributed by atoms with Crippen molar-refractivity contribution in [2.24, 2.45) is 5.73 Å². The number of benzene rings is 1. The first kappa shape index (κ1) is 15.1. The number of carbonyl (C=O) groups excluding carboxylic acids is 1. The quantitative estimate of drug-likeness (QED) is 0.518. The lowest BCUT2D eigenvalue weighted by Gasteiger charge is -2.21. The largest absolute Gasteiger partial charge is 0.364 e. The molecular weight excluding hydrogens is 328 g/mol. The SMILES string of the molecule is Cc1[nH]ncc1-c1nc2ccc3[nH]nc(C(N)=O)c3c2c2c1CCCC2. The molecule has 3 aromatic heterocycles. The highest BCUT2D eigenvalue weighted by Gasteiger charge is 2.24. The van der Waals surface area contributed by atoms with Crippen LogP contribution in [0.4, 0.5) is 0 Å². The van der Waals surface area contributed by atoms with Gasteiger partial charge < -0.3 is 5.73 Å². The molecule has 130 valence electrons. The van der Waals surface area contributed by atoms with Crippen molar-refractivity contribution in [3.8, 4) is 11.3 Å². The van der Waals surface area contributed by atoms with Crippen molar-refractivity contribution in [2.45, 2.75) is 32.6 Å². The van der Waals surface area contributed by atoms with Gasteiger partial charge in [-0.15, -0.1) is 0 Å². The Morgan fingerprint density at radius 3 is 2.65 bits per heavy atom. The lowest BCUT2D eigenvalue weighted by molar-refractivity contribution is 0.0997. The van der Waals surface area contributed by atoms with E-state index < -0.39 is 5.91 Å². The number of primary amides is 1. The zero-order valence-corrected chi connectivity index (χ0v) is 14.4. The van der Waals surface area contributed by atoms with Crippen LogP contribution in [-0.2, 0) is 12.8 Å². The van der Waals surface area contributed by atoms with Crippen LogP contribution in [0.25, 0.3) is 33.1 Å². The minimum absolute atomic E-state index is 0.285. The third-order valence-corrected chi connectivity index (χ3v) is 5.31. The van der Waals surface area contributed by atoms with Crippen molar-refractivity contribution in [2.75, 3.05) is 0 Å². The summed E-state index contributed by atoms with van der Waals surface area (Å²) in [5.41, 5.74) is 13.1. The van der Waals surface area contributed by atoms with E-state index in [4.69, 9.17) is 10.7 Å². The summed E-state index contributed by atoms with van der Waals surface area (Å²) in [5, 5.41) is 16.0. The van der Waals surface area contributed by atoms with Gasteiger partial charge in [0.1, 0.15) is 0 Å². The Hall–Kier alpha value is -3.22. The molecule has 4 aromatic rings. The lowest BCUT2D eigenvalue weighted by atomic mass is 9.85. The fraction of sp³-hybridized carbons (Fsp3) is 0.263. The van der Waals surface area contributed by atoms with Crippen LogP contribution in [0.15, 0.2) is 18.3 Å². The molecule has 5 rings (SSSR count). The van der Waals surface area contributed by atoms with Crippen LogP contribution >= 0.6 is 0 Å².